The quantitative estimate of drug-likeness (QED) is 0.438. The van der Waals surface area contributed by atoms with Gasteiger partial charge in [-0.15, -0.1) is 11.8 Å². The normalized spacial score (nSPS) is 31.8. The van der Waals surface area contributed by atoms with Crippen molar-refractivity contribution < 1.29 is 0 Å². The molecule has 1 atom stereocenters. The van der Waals surface area contributed by atoms with Crippen LogP contribution in [0.3, 0.4) is 0 Å². The van der Waals surface area contributed by atoms with Crippen LogP contribution >= 0.6 is 34.4 Å². The van der Waals surface area contributed by atoms with Gasteiger partial charge in [-0.05, 0) is 11.8 Å². The first-order valence-corrected chi connectivity index (χ1v) is 4.03. The number of thioether (sulfide) groups is 1. The molecule has 1 aliphatic heterocycles. The van der Waals surface area contributed by atoms with Crippen LogP contribution in [0.2, 0.25) is 0 Å². The molecule has 0 aromatic heterocycles. The fourth-order valence-electron chi connectivity index (χ4n) is 0.359. The summed E-state index contributed by atoms with van der Waals surface area (Å²) in [6.45, 7) is 0. The zero-order valence-electron chi connectivity index (χ0n) is 3.23. The second kappa shape index (κ2) is 2.21. The lowest BCUT2D eigenvalue weighted by atomic mass is 10.5. The Bertz CT molecular complexity index is 61.9. The molecule has 0 N–H and O–H groups in total. The first-order chi connectivity index (χ1) is 2.89. The van der Waals surface area contributed by atoms with Crippen molar-refractivity contribution in [1.29, 1.82) is 0 Å². The largest absolute Gasteiger partial charge is 0.120 e. The maximum atomic E-state index is 2.43. The predicted molar refractivity (Wildman–Crippen MR) is 39.2 cm³/mol. The Balaban J connectivity index is 2.32. The summed E-state index contributed by atoms with van der Waals surface area (Å²) in [5.41, 5.74) is 0. The minimum Gasteiger partial charge on any atom is -0.120 e. The van der Waals surface area contributed by atoms with Crippen molar-refractivity contribution in [3.8, 4) is 0 Å². The van der Waals surface area contributed by atoms with E-state index in [1.54, 1.807) is 0 Å². The monoisotopic (exact) mass is 212 g/mol. The van der Waals surface area contributed by atoms with E-state index in [4.69, 9.17) is 0 Å². The molecule has 0 saturated heterocycles. The van der Waals surface area contributed by atoms with Gasteiger partial charge in [0.2, 0.25) is 0 Å². The Kier molecular flexibility index (Phi) is 1.83. The lowest BCUT2D eigenvalue weighted by Gasteiger charge is -1.89. The van der Waals surface area contributed by atoms with Crippen LogP contribution in [0, 0.1) is 0 Å². The van der Waals surface area contributed by atoms with E-state index in [1.807, 2.05) is 11.8 Å². The van der Waals surface area contributed by atoms with E-state index in [1.165, 1.54) is 6.42 Å². The van der Waals surface area contributed by atoms with E-state index in [2.05, 4.69) is 34.1 Å². The first-order valence-electron chi connectivity index (χ1n) is 1.84. The molecule has 0 spiro atoms. The number of allylic oxidation sites excluding steroid dienone is 1. The maximum Gasteiger partial charge on any atom is 0.0640 e. The summed E-state index contributed by atoms with van der Waals surface area (Å²) in [6.07, 6.45) is 3.47. The van der Waals surface area contributed by atoms with Gasteiger partial charge in [-0.3, -0.25) is 0 Å². The number of halogens is 1. The van der Waals surface area contributed by atoms with Gasteiger partial charge in [0, 0.05) is 0 Å². The van der Waals surface area contributed by atoms with E-state index in [-0.39, 0.29) is 0 Å². The van der Waals surface area contributed by atoms with E-state index >= 15 is 0 Å². The average Bonchev–Trinajstić information content (AvgIpc) is 1.86. The van der Waals surface area contributed by atoms with Crippen molar-refractivity contribution in [2.75, 3.05) is 0 Å². The van der Waals surface area contributed by atoms with Gasteiger partial charge in [0.05, 0.1) is 3.26 Å². The number of hydrogen-bond donors (Lipinski definition) is 0. The maximum absolute atomic E-state index is 2.43. The third-order valence-corrected chi connectivity index (χ3v) is 2.87. The number of alkyl halides is 1. The van der Waals surface area contributed by atoms with Crippen molar-refractivity contribution in [2.45, 2.75) is 9.68 Å². The molecule has 1 unspecified atom stereocenters. The molecule has 0 saturated carbocycles. The van der Waals surface area contributed by atoms with Crippen LogP contribution in [-0.4, -0.2) is 3.26 Å². The molecule has 0 fully saturated rings. The summed E-state index contributed by atoms with van der Waals surface area (Å²) in [5.74, 6) is 0. The topological polar surface area (TPSA) is 0 Å². The average molecular weight is 212 g/mol. The number of rotatable bonds is 0. The summed E-state index contributed by atoms with van der Waals surface area (Å²) in [4.78, 5) is 0. The van der Waals surface area contributed by atoms with Crippen molar-refractivity contribution in [2.24, 2.45) is 0 Å². The second-order valence-corrected chi connectivity index (χ2v) is 4.62. The lowest BCUT2D eigenvalue weighted by molar-refractivity contribution is 1.24. The molecule has 0 bridgehead atoms. The van der Waals surface area contributed by atoms with E-state index in [9.17, 15) is 0 Å². The standard InChI is InChI=1S/C4H5IS/c5-4-2-1-3-6-4/h1,3-4H,2H2. The summed E-state index contributed by atoms with van der Waals surface area (Å²) < 4.78 is 0.822. The highest BCUT2D eigenvalue weighted by molar-refractivity contribution is 14.1. The van der Waals surface area contributed by atoms with Crippen molar-refractivity contribution in [3.63, 3.8) is 0 Å². The third-order valence-electron chi connectivity index (χ3n) is 0.644. The van der Waals surface area contributed by atoms with Gasteiger partial charge in [-0.1, -0.05) is 28.7 Å². The Hall–Kier alpha value is 0.820. The summed E-state index contributed by atoms with van der Waals surface area (Å²) >= 11 is 4.34. The molecule has 0 amide bonds. The van der Waals surface area contributed by atoms with Crippen LogP contribution in [0.4, 0.5) is 0 Å². The minimum atomic E-state index is 0.822. The summed E-state index contributed by atoms with van der Waals surface area (Å²) in [7, 11) is 0. The summed E-state index contributed by atoms with van der Waals surface area (Å²) in [5, 5.41) is 2.16. The first kappa shape index (κ1) is 4.97. The second-order valence-electron chi connectivity index (χ2n) is 1.15. The molecule has 0 nitrogen and oxygen atoms in total. The number of hydrogen-bond acceptors (Lipinski definition) is 1. The SMILES string of the molecule is IC1CC=CS1. The molecule has 0 aromatic rings. The van der Waals surface area contributed by atoms with Crippen molar-refractivity contribution in [1.82, 2.24) is 0 Å². The molecule has 0 aromatic carbocycles. The minimum absolute atomic E-state index is 0.822. The van der Waals surface area contributed by atoms with E-state index < -0.39 is 0 Å². The molecular weight excluding hydrogens is 207 g/mol. The zero-order chi connectivity index (χ0) is 4.41. The zero-order valence-corrected chi connectivity index (χ0v) is 6.20. The van der Waals surface area contributed by atoms with Crippen LogP contribution in [0.25, 0.3) is 0 Å². The van der Waals surface area contributed by atoms with Crippen LogP contribution in [0.5, 0.6) is 0 Å². The Morgan fingerprint density at radius 2 is 2.67 bits per heavy atom. The van der Waals surface area contributed by atoms with Crippen LogP contribution in [0.1, 0.15) is 6.42 Å². The third kappa shape index (κ3) is 1.15. The molecule has 1 aliphatic rings. The van der Waals surface area contributed by atoms with Gasteiger partial charge in [-0.2, -0.15) is 0 Å². The lowest BCUT2D eigenvalue weighted by Crippen LogP contribution is -1.75. The van der Waals surface area contributed by atoms with Crippen molar-refractivity contribution in [3.05, 3.63) is 11.5 Å². The molecular formula is C4H5IS. The smallest absolute Gasteiger partial charge is 0.0640 e. The molecule has 0 radical (unpaired) electrons. The van der Waals surface area contributed by atoms with Crippen LogP contribution < -0.4 is 0 Å². The highest BCUT2D eigenvalue weighted by Crippen LogP contribution is 2.28. The molecule has 2 heteroatoms. The summed E-state index contributed by atoms with van der Waals surface area (Å²) in [6, 6.07) is 0. The highest BCUT2D eigenvalue weighted by atomic mass is 127. The van der Waals surface area contributed by atoms with Gasteiger partial charge >= 0.3 is 0 Å². The molecule has 6 heavy (non-hydrogen) atoms. The fourth-order valence-corrected chi connectivity index (χ4v) is 1.78. The van der Waals surface area contributed by atoms with Crippen LogP contribution in [-0.2, 0) is 0 Å². The van der Waals surface area contributed by atoms with Crippen LogP contribution in [0.15, 0.2) is 11.5 Å². The van der Waals surface area contributed by atoms with Gasteiger partial charge in [0.25, 0.3) is 0 Å². The molecule has 0 aliphatic carbocycles. The molecule has 1 rings (SSSR count). The van der Waals surface area contributed by atoms with Gasteiger partial charge in [0.1, 0.15) is 0 Å². The highest BCUT2D eigenvalue weighted by Gasteiger charge is 2.02. The van der Waals surface area contributed by atoms with Gasteiger partial charge in [0.15, 0.2) is 0 Å². The van der Waals surface area contributed by atoms with E-state index in [0.717, 1.165) is 3.26 Å². The Morgan fingerprint density at radius 1 is 1.83 bits per heavy atom. The predicted octanol–water partition coefficient (Wildman–Crippen LogP) is 2.40. The Labute approximate surface area is 55.5 Å². The van der Waals surface area contributed by atoms with E-state index in [0.29, 0.717) is 0 Å². The van der Waals surface area contributed by atoms with Gasteiger partial charge in [-0.25, -0.2) is 0 Å². The molecule has 34 valence electrons. The Morgan fingerprint density at radius 3 is 2.83 bits per heavy atom. The molecule has 1 heterocycles. The fraction of sp³-hybridized carbons (Fsp3) is 0.500. The van der Waals surface area contributed by atoms with Crippen molar-refractivity contribution >= 4 is 34.4 Å². The van der Waals surface area contributed by atoms with Gasteiger partial charge < -0.3 is 0 Å².